The maximum absolute atomic E-state index is 12.5. The van der Waals surface area contributed by atoms with Gasteiger partial charge in [-0.05, 0) is 24.5 Å². The molecule has 0 radical (unpaired) electrons. The molecule has 1 heterocycles. The molecule has 1 aromatic carbocycles. The summed E-state index contributed by atoms with van der Waals surface area (Å²) < 4.78 is 27.6. The lowest BCUT2D eigenvalue weighted by molar-refractivity contribution is -0.115. The summed E-state index contributed by atoms with van der Waals surface area (Å²) in [4.78, 5) is 11.3. The number of carbonyl (C=O) groups excluding carboxylic acids is 1. The fraction of sp³-hybridized carbons (Fsp3) is 0.400. The monoisotopic (exact) mass is 368 g/mol. The fourth-order valence-corrected chi connectivity index (χ4v) is 4.39. The Morgan fingerprint density at radius 2 is 1.96 bits per heavy atom. The highest BCUT2D eigenvalue weighted by Crippen LogP contribution is 2.25. The van der Waals surface area contributed by atoms with Gasteiger partial charge in [0.1, 0.15) is 0 Å². The van der Waals surface area contributed by atoms with Gasteiger partial charge in [0.15, 0.2) is 0 Å². The minimum Gasteiger partial charge on any atom is -0.301 e. The molecule has 1 aromatic heterocycles. The van der Waals surface area contributed by atoms with Crippen LogP contribution in [0.2, 0.25) is 0 Å². The van der Waals surface area contributed by atoms with E-state index in [1.54, 1.807) is 6.92 Å². The molecule has 1 atom stereocenters. The molecule has 2 N–H and O–H groups in total. The minimum atomic E-state index is -3.81. The summed E-state index contributed by atoms with van der Waals surface area (Å²) in [6.07, 6.45) is 0.882. The summed E-state index contributed by atoms with van der Waals surface area (Å²) in [5, 5.41) is 10.1. The molecule has 0 saturated heterocycles. The van der Waals surface area contributed by atoms with Gasteiger partial charge in [-0.3, -0.25) is 4.79 Å². The van der Waals surface area contributed by atoms with Crippen LogP contribution in [0.5, 0.6) is 0 Å². The van der Waals surface area contributed by atoms with Gasteiger partial charge in [-0.25, -0.2) is 13.1 Å². The molecule has 9 heteroatoms. The van der Waals surface area contributed by atoms with E-state index in [-0.39, 0.29) is 27.8 Å². The fourth-order valence-electron chi connectivity index (χ4n) is 2.16. The van der Waals surface area contributed by atoms with Crippen molar-refractivity contribution in [1.29, 1.82) is 0 Å². The number of sulfonamides is 1. The molecule has 0 fully saturated rings. The van der Waals surface area contributed by atoms with Crippen LogP contribution in [0.25, 0.3) is 0 Å². The van der Waals surface area contributed by atoms with Crippen molar-refractivity contribution in [3.05, 3.63) is 35.4 Å². The van der Waals surface area contributed by atoms with E-state index in [2.05, 4.69) is 20.2 Å². The molecule has 0 bridgehead atoms. The molecule has 7 nitrogen and oxygen atoms in total. The largest absolute Gasteiger partial charge is 0.301 e. The van der Waals surface area contributed by atoms with Crippen LogP contribution >= 0.6 is 11.3 Å². The maximum atomic E-state index is 12.5. The van der Waals surface area contributed by atoms with Crippen LogP contribution < -0.4 is 10.0 Å². The number of carbonyl (C=O) groups is 1. The number of hydrogen-bond donors (Lipinski definition) is 2. The van der Waals surface area contributed by atoms with E-state index in [9.17, 15) is 13.2 Å². The first-order chi connectivity index (χ1) is 11.4. The van der Waals surface area contributed by atoms with E-state index in [0.717, 1.165) is 22.5 Å². The molecule has 0 aliphatic heterocycles. The summed E-state index contributed by atoms with van der Waals surface area (Å²) in [6.45, 7) is 5.55. The molecule has 0 aliphatic rings. The van der Waals surface area contributed by atoms with E-state index in [1.807, 2.05) is 38.1 Å². The highest BCUT2D eigenvalue weighted by molar-refractivity contribution is 7.91. The first-order valence-electron chi connectivity index (χ1n) is 7.58. The Morgan fingerprint density at radius 3 is 2.58 bits per heavy atom. The Balaban J connectivity index is 2.21. The zero-order valence-corrected chi connectivity index (χ0v) is 15.4. The number of nitrogens with zero attached hydrogens (tertiary/aromatic N) is 2. The zero-order valence-electron chi connectivity index (χ0n) is 13.7. The van der Waals surface area contributed by atoms with Gasteiger partial charge in [-0.15, -0.1) is 10.2 Å². The number of benzene rings is 1. The van der Waals surface area contributed by atoms with Crippen LogP contribution in [-0.4, -0.2) is 24.5 Å². The SMILES string of the molecule is CCC(=O)Nc1nnc(S(=O)(=O)N[C@H](CC)c2ccccc2C)s1. The number of aromatic nitrogens is 2. The first-order valence-corrected chi connectivity index (χ1v) is 9.88. The second-order valence-corrected chi connectivity index (χ2v) is 8.08. The highest BCUT2D eigenvalue weighted by atomic mass is 32.2. The first kappa shape index (κ1) is 18.5. The molecular weight excluding hydrogens is 348 g/mol. The lowest BCUT2D eigenvalue weighted by atomic mass is 10.0. The minimum absolute atomic E-state index is 0.166. The number of amides is 1. The van der Waals surface area contributed by atoms with Crippen molar-refractivity contribution in [2.75, 3.05) is 5.32 Å². The molecule has 0 spiro atoms. The van der Waals surface area contributed by atoms with Gasteiger partial charge in [-0.1, -0.05) is 49.4 Å². The molecule has 2 aromatic rings. The molecule has 0 aliphatic carbocycles. The van der Waals surface area contributed by atoms with Crippen LogP contribution in [0.3, 0.4) is 0 Å². The van der Waals surface area contributed by atoms with Crippen LogP contribution in [0, 0.1) is 6.92 Å². The van der Waals surface area contributed by atoms with Gasteiger partial charge in [0.05, 0.1) is 0 Å². The topological polar surface area (TPSA) is 101 Å². The van der Waals surface area contributed by atoms with E-state index in [1.165, 1.54) is 0 Å². The average Bonchev–Trinajstić information content (AvgIpc) is 3.02. The van der Waals surface area contributed by atoms with Gasteiger partial charge in [0, 0.05) is 12.5 Å². The van der Waals surface area contributed by atoms with Crippen molar-refractivity contribution < 1.29 is 13.2 Å². The predicted molar refractivity (Wildman–Crippen MR) is 93.4 cm³/mol. The Hall–Kier alpha value is -1.84. The number of anilines is 1. The molecular formula is C15H20N4O3S2. The molecule has 24 heavy (non-hydrogen) atoms. The quantitative estimate of drug-likeness (QED) is 0.732. The third kappa shape index (κ3) is 4.37. The van der Waals surface area contributed by atoms with Crippen LogP contribution in [0.15, 0.2) is 28.6 Å². The number of rotatable bonds is 7. The van der Waals surface area contributed by atoms with Crippen LogP contribution in [0.4, 0.5) is 5.13 Å². The second-order valence-electron chi connectivity index (χ2n) is 5.21. The van der Waals surface area contributed by atoms with Gasteiger partial charge in [-0.2, -0.15) is 0 Å². The molecule has 0 unspecified atom stereocenters. The smallest absolute Gasteiger partial charge is 0.270 e. The van der Waals surface area contributed by atoms with Crippen molar-refractivity contribution in [2.24, 2.45) is 0 Å². The van der Waals surface area contributed by atoms with Gasteiger partial charge >= 0.3 is 0 Å². The number of hydrogen-bond acceptors (Lipinski definition) is 6. The third-order valence-electron chi connectivity index (χ3n) is 3.47. The summed E-state index contributed by atoms with van der Waals surface area (Å²) in [5.41, 5.74) is 1.94. The summed E-state index contributed by atoms with van der Waals surface area (Å²) in [5.74, 6) is -0.241. The van der Waals surface area contributed by atoms with E-state index < -0.39 is 10.0 Å². The Labute approximate surface area is 145 Å². The Morgan fingerprint density at radius 1 is 1.25 bits per heavy atom. The zero-order chi connectivity index (χ0) is 17.7. The lowest BCUT2D eigenvalue weighted by Crippen LogP contribution is -2.28. The van der Waals surface area contributed by atoms with Gasteiger partial charge in [0.2, 0.25) is 15.4 Å². The normalized spacial score (nSPS) is 12.8. The summed E-state index contributed by atoms with van der Waals surface area (Å²) >= 11 is 0.831. The van der Waals surface area contributed by atoms with Crippen LogP contribution in [0.1, 0.15) is 43.9 Å². The van der Waals surface area contributed by atoms with Crippen molar-refractivity contribution in [3.8, 4) is 0 Å². The summed E-state index contributed by atoms with van der Waals surface area (Å²) in [6, 6.07) is 7.28. The van der Waals surface area contributed by atoms with Gasteiger partial charge in [0.25, 0.3) is 10.0 Å². The second kappa shape index (κ2) is 7.82. The highest BCUT2D eigenvalue weighted by Gasteiger charge is 2.25. The van der Waals surface area contributed by atoms with Crippen molar-refractivity contribution in [2.45, 2.75) is 44.0 Å². The van der Waals surface area contributed by atoms with E-state index in [4.69, 9.17) is 0 Å². The predicted octanol–water partition coefficient (Wildman–Crippen LogP) is 2.62. The average molecular weight is 368 g/mol. The molecule has 0 saturated carbocycles. The van der Waals surface area contributed by atoms with E-state index in [0.29, 0.717) is 6.42 Å². The van der Waals surface area contributed by atoms with Gasteiger partial charge < -0.3 is 5.32 Å². The molecule has 1 amide bonds. The van der Waals surface area contributed by atoms with Crippen LogP contribution in [-0.2, 0) is 14.8 Å². The van der Waals surface area contributed by atoms with E-state index >= 15 is 0 Å². The Kier molecular flexibility index (Phi) is 6.03. The standard InChI is InChI=1S/C15H20N4O3S2/c1-4-12(11-9-7-6-8-10(11)3)19-24(21,22)15-18-17-14(23-15)16-13(20)5-2/h6-9,12,19H,4-5H2,1-3H3,(H,16,17,20)/t12-/m1/s1. The van der Waals surface area contributed by atoms with Crippen molar-refractivity contribution in [1.82, 2.24) is 14.9 Å². The maximum Gasteiger partial charge on any atom is 0.270 e. The Bertz CT molecular complexity index is 818. The van der Waals surface area contributed by atoms with Crippen molar-refractivity contribution in [3.63, 3.8) is 0 Å². The molecule has 2 rings (SSSR count). The molecule has 130 valence electrons. The third-order valence-corrected chi connectivity index (χ3v) is 6.15. The summed E-state index contributed by atoms with van der Waals surface area (Å²) in [7, 11) is -3.81. The van der Waals surface area contributed by atoms with Crippen molar-refractivity contribution >= 4 is 32.4 Å². The number of nitrogens with one attached hydrogen (secondary N) is 2. The lowest BCUT2D eigenvalue weighted by Gasteiger charge is -2.18. The number of aryl methyl sites for hydroxylation is 1.